The van der Waals surface area contributed by atoms with Crippen LogP contribution in [0.25, 0.3) is 0 Å². The van der Waals surface area contributed by atoms with Gasteiger partial charge in [0.2, 0.25) is 0 Å². The van der Waals surface area contributed by atoms with Crippen LogP contribution in [0.15, 0.2) is 0 Å². The van der Waals surface area contributed by atoms with Crippen molar-refractivity contribution in [3.8, 4) is 0 Å². The molecule has 0 aliphatic rings. The molecule has 0 aromatic heterocycles. The third kappa shape index (κ3) is 48.4. The summed E-state index contributed by atoms with van der Waals surface area (Å²) in [5.74, 6) is 5.84. The van der Waals surface area contributed by atoms with Crippen LogP contribution >= 0.6 is 0 Å². The lowest BCUT2D eigenvalue weighted by Crippen LogP contribution is -3.00. The smallest absolute Gasteiger partial charge is 0.105 e. The van der Waals surface area contributed by atoms with Gasteiger partial charge in [-0.3, -0.25) is 0 Å². The van der Waals surface area contributed by atoms with Gasteiger partial charge in [-0.2, -0.15) is 0 Å². The maximum atomic E-state index is 2.29. The predicted molar refractivity (Wildman–Crippen MR) is 170 cm³/mol. The number of rotatable bonds is 28. The van der Waals surface area contributed by atoms with Crippen LogP contribution in [0.3, 0.4) is 0 Å². The van der Waals surface area contributed by atoms with Crippen molar-refractivity contribution < 1.29 is 24.8 Å². The monoisotopic (exact) mass is 588 g/mol. The zero-order chi connectivity index (χ0) is 25.2. The second-order valence-corrected chi connectivity index (χ2v) is 13.1. The topological polar surface area (TPSA) is 0 Å². The maximum absolute atomic E-state index is 2.29. The van der Waals surface area contributed by atoms with Gasteiger partial charge in [0.05, 0.1) is 0 Å². The molecule has 224 valence electrons. The molecule has 0 aromatic rings. The van der Waals surface area contributed by atoms with Gasteiger partial charge in [0, 0.05) is 0 Å². The Morgan fingerprint density at radius 2 is 0.417 bits per heavy atom. The molecule has 0 atom stereocenters. The Hall–Kier alpha value is 1.28. The molecule has 0 saturated heterocycles. The molecule has 0 aliphatic heterocycles. The van der Waals surface area contributed by atoms with Crippen molar-refractivity contribution in [1.82, 2.24) is 0 Å². The number of halogens is 2. The molecule has 0 bridgehead atoms. The first-order valence-corrected chi connectivity index (χ1v) is 18.6. The van der Waals surface area contributed by atoms with E-state index >= 15 is 0 Å². The van der Waals surface area contributed by atoms with Gasteiger partial charge < -0.3 is 24.8 Å². The molecule has 4 heteroatoms. The van der Waals surface area contributed by atoms with Crippen LogP contribution in [-0.2, 0) is 23.5 Å². The summed E-state index contributed by atoms with van der Waals surface area (Å²) in [4.78, 5) is 0. The Morgan fingerprint density at radius 3 is 0.611 bits per heavy atom. The normalized spacial score (nSPS) is 10.3. The summed E-state index contributed by atoms with van der Waals surface area (Å²) in [5.41, 5.74) is 0. The lowest BCUT2D eigenvalue weighted by molar-refractivity contribution is -0.00100. The minimum atomic E-state index is 0. The fourth-order valence-corrected chi connectivity index (χ4v) is 6.48. The Labute approximate surface area is 252 Å². The lowest BCUT2D eigenvalue weighted by atomic mass is 10.1. The van der Waals surface area contributed by atoms with E-state index in [9.17, 15) is 0 Å². The third-order valence-corrected chi connectivity index (χ3v) is 9.21. The van der Waals surface area contributed by atoms with Crippen LogP contribution in [0.4, 0.5) is 0 Å². The summed E-state index contributed by atoms with van der Waals surface area (Å²) in [6, 6.07) is 0. The van der Waals surface area contributed by atoms with Crippen molar-refractivity contribution in [1.29, 1.82) is 0 Å². The number of hydrogen-bond donors (Lipinski definition) is 0. The molecule has 0 amide bonds. The van der Waals surface area contributed by atoms with Crippen molar-refractivity contribution in [3.63, 3.8) is 0 Å². The molecule has 0 aliphatic carbocycles. The van der Waals surface area contributed by atoms with E-state index in [1.807, 2.05) is 0 Å². The molecule has 36 heavy (non-hydrogen) atoms. The van der Waals surface area contributed by atoms with Gasteiger partial charge >= 0.3 is 0 Å². The molecule has 0 aromatic carbocycles. The van der Waals surface area contributed by atoms with E-state index in [0.717, 1.165) is 0 Å². The fourth-order valence-electron chi connectivity index (χ4n) is 4.24. The SMILES string of the molecule is CCCCCCCC[SH+]CCCCCCCC.CCCCCCCC[SH+]CCCCCCCC.[Cl-].[Cl-]. The summed E-state index contributed by atoms with van der Waals surface area (Å²) in [6.07, 6.45) is 34.8. The van der Waals surface area contributed by atoms with Crippen molar-refractivity contribution in [2.24, 2.45) is 0 Å². The molecule has 0 fully saturated rings. The maximum Gasteiger partial charge on any atom is 0.105 e. The van der Waals surface area contributed by atoms with Crippen LogP contribution in [0.1, 0.15) is 182 Å². The first kappa shape index (κ1) is 44.3. The zero-order valence-corrected chi connectivity index (χ0v) is 28.8. The summed E-state index contributed by atoms with van der Waals surface area (Å²) in [7, 11) is 0. The third-order valence-electron chi connectivity index (χ3n) is 6.68. The highest BCUT2D eigenvalue weighted by Crippen LogP contribution is 2.08. The summed E-state index contributed by atoms with van der Waals surface area (Å²) < 4.78 is 0. The molecular weight excluding hydrogens is 519 g/mol. The Bertz CT molecular complexity index is 259. The van der Waals surface area contributed by atoms with Gasteiger partial charge in [0.25, 0.3) is 0 Å². The molecule has 0 saturated carbocycles. The zero-order valence-electron chi connectivity index (χ0n) is 25.4. The van der Waals surface area contributed by atoms with E-state index < -0.39 is 0 Å². The van der Waals surface area contributed by atoms with Gasteiger partial charge in [-0.15, -0.1) is 0 Å². The molecule has 0 heterocycles. The molecule has 0 rings (SSSR count). The van der Waals surface area contributed by atoms with E-state index in [2.05, 4.69) is 27.7 Å². The average Bonchev–Trinajstić information content (AvgIpc) is 2.85. The first-order valence-electron chi connectivity index (χ1n) is 16.1. The highest BCUT2D eigenvalue weighted by molar-refractivity contribution is 7.78. The van der Waals surface area contributed by atoms with Crippen LogP contribution in [0.5, 0.6) is 0 Å². The fraction of sp³-hybridized carbons (Fsp3) is 1.00. The number of thiol groups is 2. The second-order valence-electron chi connectivity index (χ2n) is 10.4. The molecule has 0 nitrogen and oxygen atoms in total. The van der Waals surface area contributed by atoms with E-state index in [1.54, 1.807) is 23.5 Å². The molecule has 0 unspecified atom stereocenters. The highest BCUT2D eigenvalue weighted by Gasteiger charge is 1.99. The summed E-state index contributed by atoms with van der Waals surface area (Å²) in [5, 5.41) is 0. The van der Waals surface area contributed by atoms with Crippen molar-refractivity contribution in [2.45, 2.75) is 182 Å². The first-order chi connectivity index (χ1) is 16.8. The minimum Gasteiger partial charge on any atom is -1.00 e. The molecule has 0 spiro atoms. The molecular formula is C32H70Cl2S2. The van der Waals surface area contributed by atoms with Crippen LogP contribution < -0.4 is 24.8 Å². The van der Waals surface area contributed by atoms with E-state index in [0.29, 0.717) is 0 Å². The number of hydrogen-bond acceptors (Lipinski definition) is 0. The minimum absolute atomic E-state index is 0. The van der Waals surface area contributed by atoms with Crippen molar-refractivity contribution in [3.05, 3.63) is 0 Å². The van der Waals surface area contributed by atoms with Gasteiger partial charge in [-0.25, -0.2) is 0 Å². The van der Waals surface area contributed by atoms with Crippen LogP contribution in [-0.4, -0.2) is 23.0 Å². The van der Waals surface area contributed by atoms with Gasteiger partial charge in [-0.05, 0) is 74.9 Å². The van der Waals surface area contributed by atoms with E-state index in [1.165, 1.54) is 177 Å². The van der Waals surface area contributed by atoms with Crippen LogP contribution in [0.2, 0.25) is 0 Å². The van der Waals surface area contributed by atoms with Crippen LogP contribution in [0, 0.1) is 0 Å². The Morgan fingerprint density at radius 1 is 0.250 bits per heavy atom. The Balaban J connectivity index is -0.000000269. The van der Waals surface area contributed by atoms with Gasteiger partial charge in [-0.1, -0.05) is 130 Å². The van der Waals surface area contributed by atoms with Crippen molar-refractivity contribution >= 4 is 23.5 Å². The van der Waals surface area contributed by atoms with E-state index in [4.69, 9.17) is 0 Å². The standard InChI is InChI=1S/2C16H34S.2ClH/c2*1-3-5-7-9-11-13-15-17-16-14-12-10-8-6-4-2;;/h2*3-16H2,1-2H3;2*1H. The van der Waals surface area contributed by atoms with E-state index in [-0.39, 0.29) is 24.8 Å². The highest BCUT2D eigenvalue weighted by atomic mass is 35.5. The quantitative estimate of drug-likeness (QED) is 0.0681. The van der Waals surface area contributed by atoms with Gasteiger partial charge in [0.15, 0.2) is 0 Å². The van der Waals surface area contributed by atoms with Crippen molar-refractivity contribution in [2.75, 3.05) is 23.0 Å². The predicted octanol–water partition coefficient (Wildman–Crippen LogP) is 5.05. The largest absolute Gasteiger partial charge is 1.00 e. The average molecular weight is 590 g/mol. The molecule has 0 N–H and O–H groups in total. The summed E-state index contributed by atoms with van der Waals surface area (Å²) in [6.45, 7) is 9.16. The van der Waals surface area contributed by atoms with Gasteiger partial charge in [0.1, 0.15) is 23.0 Å². The second kappa shape index (κ2) is 46.2. The number of unbranched alkanes of at least 4 members (excludes halogenated alkanes) is 20. The Kier molecular flexibility index (Phi) is 56.8. The summed E-state index contributed by atoms with van der Waals surface area (Å²) >= 11 is 3.44. The molecule has 0 radical (unpaired) electrons. The lowest BCUT2D eigenvalue weighted by Gasteiger charge is -1.98.